The standard InChI is InChI=1S/C21H23F3N4/c1-3-28(17-7-6-16(12-25)19(11-17)21(22,23)24)18-5-4-10-27(14-18)20-13-26-9-8-15(20)2/h6-9,11,13,18H,3-5,10,14H2,1-2H3/t18-/m1/s1. The molecule has 1 aliphatic rings. The number of pyridine rings is 1. The molecular weight excluding hydrogens is 365 g/mol. The van der Waals surface area contributed by atoms with Gasteiger partial charge in [0.25, 0.3) is 0 Å². The van der Waals surface area contributed by atoms with Crippen molar-refractivity contribution >= 4 is 11.4 Å². The minimum Gasteiger partial charge on any atom is -0.368 e. The molecule has 0 aliphatic carbocycles. The molecule has 0 amide bonds. The van der Waals surface area contributed by atoms with Crippen LogP contribution in [0.15, 0.2) is 36.7 Å². The molecule has 1 aromatic heterocycles. The summed E-state index contributed by atoms with van der Waals surface area (Å²) in [5.74, 6) is 0. The molecule has 2 aromatic rings. The van der Waals surface area contributed by atoms with E-state index in [1.165, 1.54) is 6.07 Å². The van der Waals surface area contributed by atoms with E-state index in [0.717, 1.165) is 43.2 Å². The van der Waals surface area contributed by atoms with Gasteiger partial charge in [-0.25, -0.2) is 0 Å². The number of halogens is 3. The van der Waals surface area contributed by atoms with E-state index in [0.29, 0.717) is 12.2 Å². The van der Waals surface area contributed by atoms with Crippen LogP contribution in [-0.2, 0) is 6.18 Å². The third-order valence-electron chi connectivity index (χ3n) is 5.29. The summed E-state index contributed by atoms with van der Waals surface area (Å²) in [4.78, 5) is 8.48. The van der Waals surface area contributed by atoms with Gasteiger partial charge in [0, 0.05) is 37.6 Å². The molecule has 0 N–H and O–H groups in total. The lowest BCUT2D eigenvalue weighted by Crippen LogP contribution is -2.48. The minimum atomic E-state index is -4.55. The quantitative estimate of drug-likeness (QED) is 0.756. The van der Waals surface area contributed by atoms with Gasteiger partial charge in [-0.3, -0.25) is 4.98 Å². The first-order chi connectivity index (χ1) is 13.3. The van der Waals surface area contributed by atoms with Gasteiger partial charge in [-0.15, -0.1) is 0 Å². The molecule has 0 unspecified atom stereocenters. The molecule has 28 heavy (non-hydrogen) atoms. The van der Waals surface area contributed by atoms with Crippen LogP contribution in [0.1, 0.15) is 36.5 Å². The van der Waals surface area contributed by atoms with E-state index in [1.807, 2.05) is 31.0 Å². The molecule has 0 spiro atoms. The third-order valence-corrected chi connectivity index (χ3v) is 5.29. The SMILES string of the molecule is CCN(c1ccc(C#N)c(C(F)(F)F)c1)[C@@H]1CCCN(c2cnccc2C)C1. The molecule has 1 saturated heterocycles. The van der Waals surface area contributed by atoms with E-state index in [9.17, 15) is 13.2 Å². The lowest BCUT2D eigenvalue weighted by atomic mass is 10.0. The number of anilines is 2. The summed E-state index contributed by atoms with van der Waals surface area (Å²) in [7, 11) is 0. The van der Waals surface area contributed by atoms with Crippen molar-refractivity contribution in [3.63, 3.8) is 0 Å². The number of likely N-dealkylation sites (N-methyl/N-ethyl adjacent to an activating group) is 1. The lowest BCUT2D eigenvalue weighted by molar-refractivity contribution is -0.137. The van der Waals surface area contributed by atoms with Crippen LogP contribution in [-0.4, -0.2) is 30.7 Å². The number of aryl methyl sites for hydroxylation is 1. The first-order valence-corrected chi connectivity index (χ1v) is 9.38. The Morgan fingerprint density at radius 1 is 1.32 bits per heavy atom. The highest BCUT2D eigenvalue weighted by Crippen LogP contribution is 2.35. The van der Waals surface area contributed by atoms with Gasteiger partial charge < -0.3 is 9.80 Å². The van der Waals surface area contributed by atoms with Crippen LogP contribution in [0.2, 0.25) is 0 Å². The maximum atomic E-state index is 13.4. The van der Waals surface area contributed by atoms with Gasteiger partial charge in [0.15, 0.2) is 0 Å². The smallest absolute Gasteiger partial charge is 0.368 e. The molecule has 4 nitrogen and oxygen atoms in total. The summed E-state index contributed by atoms with van der Waals surface area (Å²) in [5, 5.41) is 9.03. The normalized spacial score (nSPS) is 17.3. The van der Waals surface area contributed by atoms with Gasteiger partial charge in [0.05, 0.1) is 29.1 Å². The molecule has 3 rings (SSSR count). The molecule has 1 aromatic carbocycles. The monoisotopic (exact) mass is 388 g/mol. The Hall–Kier alpha value is -2.75. The molecule has 2 heterocycles. The molecule has 148 valence electrons. The van der Waals surface area contributed by atoms with Crippen molar-refractivity contribution in [3.8, 4) is 6.07 Å². The topological polar surface area (TPSA) is 43.2 Å². The molecule has 0 radical (unpaired) electrons. The van der Waals surface area contributed by atoms with Crippen molar-refractivity contribution in [3.05, 3.63) is 53.3 Å². The number of nitriles is 1. The van der Waals surface area contributed by atoms with Crippen molar-refractivity contribution in [1.82, 2.24) is 4.98 Å². The summed E-state index contributed by atoms with van der Waals surface area (Å²) in [6.07, 6.45) is 0.917. The van der Waals surface area contributed by atoms with Crippen LogP contribution in [0, 0.1) is 18.3 Å². The maximum Gasteiger partial charge on any atom is 0.417 e. The second kappa shape index (κ2) is 8.09. The third kappa shape index (κ3) is 4.06. The zero-order chi connectivity index (χ0) is 20.3. The fourth-order valence-corrected chi connectivity index (χ4v) is 3.91. The van der Waals surface area contributed by atoms with Crippen molar-refractivity contribution in [2.24, 2.45) is 0 Å². The van der Waals surface area contributed by atoms with E-state index in [2.05, 4.69) is 9.88 Å². The Morgan fingerprint density at radius 3 is 2.75 bits per heavy atom. The van der Waals surface area contributed by atoms with E-state index in [1.54, 1.807) is 18.3 Å². The van der Waals surface area contributed by atoms with Crippen molar-refractivity contribution in [2.75, 3.05) is 29.4 Å². The number of rotatable bonds is 4. The van der Waals surface area contributed by atoms with Crippen LogP contribution in [0.3, 0.4) is 0 Å². The first kappa shape index (κ1) is 20.0. The second-order valence-electron chi connectivity index (χ2n) is 7.03. The highest BCUT2D eigenvalue weighted by atomic mass is 19.4. The minimum absolute atomic E-state index is 0.0902. The van der Waals surface area contributed by atoms with Crippen molar-refractivity contribution in [1.29, 1.82) is 5.26 Å². The number of benzene rings is 1. The largest absolute Gasteiger partial charge is 0.417 e. The first-order valence-electron chi connectivity index (χ1n) is 9.38. The predicted octanol–water partition coefficient (Wildman–Crippen LogP) is 4.78. The summed E-state index contributed by atoms with van der Waals surface area (Å²) in [6.45, 7) is 6.20. The van der Waals surface area contributed by atoms with Gasteiger partial charge in [-0.1, -0.05) is 0 Å². The molecule has 1 atom stereocenters. The van der Waals surface area contributed by atoms with Gasteiger partial charge >= 0.3 is 6.18 Å². The summed E-state index contributed by atoms with van der Waals surface area (Å²) >= 11 is 0. The second-order valence-corrected chi connectivity index (χ2v) is 7.03. The van der Waals surface area contributed by atoms with Crippen LogP contribution in [0.25, 0.3) is 0 Å². The predicted molar refractivity (Wildman–Crippen MR) is 103 cm³/mol. The number of nitrogens with zero attached hydrogens (tertiary/aromatic N) is 4. The van der Waals surface area contributed by atoms with Crippen LogP contribution in [0.5, 0.6) is 0 Å². The van der Waals surface area contributed by atoms with E-state index in [4.69, 9.17) is 5.26 Å². The number of alkyl halides is 3. The Kier molecular flexibility index (Phi) is 5.78. The lowest BCUT2D eigenvalue weighted by Gasteiger charge is -2.41. The van der Waals surface area contributed by atoms with Crippen LogP contribution in [0.4, 0.5) is 24.5 Å². The van der Waals surface area contributed by atoms with Gasteiger partial charge in [-0.05, 0) is 56.5 Å². The van der Waals surface area contributed by atoms with Gasteiger partial charge in [-0.2, -0.15) is 18.4 Å². The zero-order valence-electron chi connectivity index (χ0n) is 16.0. The number of hydrogen-bond donors (Lipinski definition) is 0. The van der Waals surface area contributed by atoms with Crippen LogP contribution < -0.4 is 9.80 Å². The maximum absolute atomic E-state index is 13.4. The molecule has 1 aliphatic heterocycles. The van der Waals surface area contributed by atoms with E-state index in [-0.39, 0.29) is 11.6 Å². The van der Waals surface area contributed by atoms with E-state index < -0.39 is 11.7 Å². The Balaban J connectivity index is 1.89. The molecular formula is C21H23F3N4. The number of piperidine rings is 1. The molecule has 0 saturated carbocycles. The summed E-state index contributed by atoms with van der Waals surface area (Å²) in [5.41, 5.74) is 1.49. The molecule has 0 bridgehead atoms. The van der Waals surface area contributed by atoms with Gasteiger partial charge in [0.1, 0.15) is 0 Å². The zero-order valence-corrected chi connectivity index (χ0v) is 16.0. The average Bonchev–Trinajstić information content (AvgIpc) is 2.68. The average molecular weight is 388 g/mol. The Morgan fingerprint density at radius 2 is 2.11 bits per heavy atom. The Labute approximate surface area is 163 Å². The van der Waals surface area contributed by atoms with Crippen molar-refractivity contribution < 1.29 is 13.2 Å². The fourth-order valence-electron chi connectivity index (χ4n) is 3.91. The summed E-state index contributed by atoms with van der Waals surface area (Å²) in [6, 6.07) is 7.70. The molecule has 7 heteroatoms. The Bertz CT molecular complexity index is 873. The molecule has 1 fully saturated rings. The number of hydrogen-bond acceptors (Lipinski definition) is 4. The highest BCUT2D eigenvalue weighted by molar-refractivity contribution is 5.57. The highest BCUT2D eigenvalue weighted by Gasteiger charge is 2.35. The van der Waals surface area contributed by atoms with Crippen molar-refractivity contribution in [2.45, 2.75) is 38.9 Å². The fraction of sp³-hybridized carbons (Fsp3) is 0.429. The van der Waals surface area contributed by atoms with Gasteiger partial charge in [0.2, 0.25) is 0 Å². The number of aromatic nitrogens is 1. The van der Waals surface area contributed by atoms with Crippen LogP contribution >= 0.6 is 0 Å². The summed E-state index contributed by atoms with van der Waals surface area (Å²) < 4.78 is 40.1. The van der Waals surface area contributed by atoms with E-state index >= 15 is 0 Å².